The molecule has 0 amide bonds. The SMILES string of the molecule is Cc1ccnc([C@H]2CCCCN2S(=O)(=O)c2cccnc2)n1. The molecule has 0 unspecified atom stereocenters. The van der Waals surface area contributed by atoms with E-state index in [9.17, 15) is 8.42 Å². The highest BCUT2D eigenvalue weighted by molar-refractivity contribution is 7.89. The smallest absolute Gasteiger partial charge is 0.245 e. The van der Waals surface area contributed by atoms with Crippen molar-refractivity contribution in [1.82, 2.24) is 19.3 Å². The molecule has 1 atom stereocenters. The highest BCUT2D eigenvalue weighted by Gasteiger charge is 2.36. The van der Waals surface area contributed by atoms with Crippen molar-refractivity contribution in [3.05, 3.63) is 48.3 Å². The summed E-state index contributed by atoms with van der Waals surface area (Å²) < 4.78 is 27.3. The maximum atomic E-state index is 12.9. The summed E-state index contributed by atoms with van der Waals surface area (Å²) in [6.45, 7) is 2.37. The summed E-state index contributed by atoms with van der Waals surface area (Å²) in [5.74, 6) is 0.576. The minimum Gasteiger partial charge on any atom is -0.263 e. The minimum atomic E-state index is -3.58. The second kappa shape index (κ2) is 6.10. The zero-order valence-electron chi connectivity index (χ0n) is 12.4. The number of piperidine rings is 1. The Bertz CT molecular complexity index is 749. The predicted octanol–water partition coefficient (Wildman–Crippen LogP) is 2.10. The van der Waals surface area contributed by atoms with E-state index in [1.165, 1.54) is 10.5 Å². The molecule has 0 aromatic carbocycles. The minimum absolute atomic E-state index is 0.217. The summed E-state index contributed by atoms with van der Waals surface area (Å²) in [6.07, 6.45) is 7.20. The van der Waals surface area contributed by atoms with Crippen LogP contribution >= 0.6 is 0 Å². The summed E-state index contributed by atoms with van der Waals surface area (Å²) in [7, 11) is -3.58. The molecule has 6 nitrogen and oxygen atoms in total. The summed E-state index contributed by atoms with van der Waals surface area (Å²) >= 11 is 0. The normalized spacial score (nSPS) is 20.0. The zero-order chi connectivity index (χ0) is 15.6. The van der Waals surface area contributed by atoms with Gasteiger partial charge >= 0.3 is 0 Å². The number of hydrogen-bond donors (Lipinski definition) is 0. The van der Waals surface area contributed by atoms with Crippen LogP contribution in [0.4, 0.5) is 0 Å². The lowest BCUT2D eigenvalue weighted by atomic mass is 10.0. The molecule has 3 rings (SSSR count). The topological polar surface area (TPSA) is 76.1 Å². The van der Waals surface area contributed by atoms with Gasteiger partial charge in [0, 0.05) is 30.8 Å². The van der Waals surface area contributed by atoms with Gasteiger partial charge in [0.1, 0.15) is 10.7 Å². The Labute approximate surface area is 130 Å². The molecule has 22 heavy (non-hydrogen) atoms. The van der Waals surface area contributed by atoms with E-state index in [0.717, 1.165) is 25.0 Å². The Kier molecular flexibility index (Phi) is 4.17. The molecule has 116 valence electrons. The molecule has 1 saturated heterocycles. The average molecular weight is 318 g/mol. The van der Waals surface area contributed by atoms with Gasteiger partial charge in [-0.05, 0) is 38.0 Å². The molecule has 0 bridgehead atoms. The van der Waals surface area contributed by atoms with Crippen molar-refractivity contribution in [2.45, 2.75) is 37.1 Å². The Hall–Kier alpha value is -1.86. The van der Waals surface area contributed by atoms with Crippen molar-refractivity contribution < 1.29 is 8.42 Å². The second-order valence-electron chi connectivity index (χ2n) is 5.37. The first-order valence-corrected chi connectivity index (χ1v) is 8.74. The van der Waals surface area contributed by atoms with Crippen molar-refractivity contribution in [2.24, 2.45) is 0 Å². The molecule has 0 N–H and O–H groups in total. The van der Waals surface area contributed by atoms with Crippen molar-refractivity contribution in [3.63, 3.8) is 0 Å². The Morgan fingerprint density at radius 2 is 2.09 bits per heavy atom. The van der Waals surface area contributed by atoms with Crippen molar-refractivity contribution in [3.8, 4) is 0 Å². The van der Waals surface area contributed by atoms with Gasteiger partial charge in [0.2, 0.25) is 10.0 Å². The number of hydrogen-bond acceptors (Lipinski definition) is 5. The first-order chi connectivity index (χ1) is 10.6. The molecular weight excluding hydrogens is 300 g/mol. The standard InChI is InChI=1S/C15H18N4O2S/c1-12-7-9-17-15(18-12)14-6-2-3-10-19(14)22(20,21)13-5-4-8-16-11-13/h4-5,7-9,11,14H,2-3,6,10H2,1H3/t14-/m1/s1. The summed E-state index contributed by atoms with van der Waals surface area (Å²) in [5, 5.41) is 0. The number of pyridine rings is 1. The molecule has 0 spiro atoms. The van der Waals surface area contributed by atoms with E-state index in [-0.39, 0.29) is 10.9 Å². The lowest BCUT2D eigenvalue weighted by molar-refractivity contribution is 0.246. The lowest BCUT2D eigenvalue weighted by Crippen LogP contribution is -2.39. The van der Waals surface area contributed by atoms with Gasteiger partial charge in [-0.15, -0.1) is 0 Å². The maximum absolute atomic E-state index is 12.9. The highest BCUT2D eigenvalue weighted by Crippen LogP contribution is 2.33. The van der Waals surface area contributed by atoms with Crippen molar-refractivity contribution >= 4 is 10.0 Å². The Morgan fingerprint density at radius 1 is 1.23 bits per heavy atom. The summed E-state index contributed by atoms with van der Waals surface area (Å²) in [5.41, 5.74) is 0.842. The van der Waals surface area contributed by atoms with E-state index in [4.69, 9.17) is 0 Å². The lowest BCUT2D eigenvalue weighted by Gasteiger charge is -2.33. The Balaban J connectivity index is 2.00. The highest BCUT2D eigenvalue weighted by atomic mass is 32.2. The molecule has 1 aliphatic rings. The fraction of sp³-hybridized carbons (Fsp3) is 0.400. The van der Waals surface area contributed by atoms with Gasteiger partial charge in [-0.1, -0.05) is 6.42 Å². The quantitative estimate of drug-likeness (QED) is 0.866. The number of nitrogens with zero attached hydrogens (tertiary/aromatic N) is 4. The van der Waals surface area contributed by atoms with Gasteiger partial charge in [0.25, 0.3) is 0 Å². The van der Waals surface area contributed by atoms with Crippen LogP contribution in [-0.2, 0) is 10.0 Å². The molecular formula is C15H18N4O2S. The van der Waals surface area contributed by atoms with E-state index < -0.39 is 10.0 Å². The number of rotatable bonds is 3. The van der Waals surface area contributed by atoms with Crippen LogP contribution in [0.5, 0.6) is 0 Å². The average Bonchev–Trinajstić information content (AvgIpc) is 2.56. The largest absolute Gasteiger partial charge is 0.263 e. The fourth-order valence-corrected chi connectivity index (χ4v) is 4.33. The molecule has 1 aliphatic heterocycles. The van der Waals surface area contributed by atoms with Gasteiger partial charge in [0.05, 0.1) is 6.04 Å². The van der Waals surface area contributed by atoms with Crippen LogP contribution in [0.25, 0.3) is 0 Å². The number of sulfonamides is 1. The van der Waals surface area contributed by atoms with Crippen molar-refractivity contribution in [1.29, 1.82) is 0 Å². The van der Waals surface area contributed by atoms with Crippen LogP contribution in [0.3, 0.4) is 0 Å². The van der Waals surface area contributed by atoms with Gasteiger partial charge < -0.3 is 0 Å². The number of aromatic nitrogens is 3. The van der Waals surface area contributed by atoms with Crippen LogP contribution in [-0.4, -0.2) is 34.2 Å². The third-order valence-corrected chi connectivity index (χ3v) is 5.70. The van der Waals surface area contributed by atoms with Crippen LogP contribution in [0.15, 0.2) is 41.7 Å². The number of aryl methyl sites for hydroxylation is 1. The van der Waals surface area contributed by atoms with Crippen LogP contribution in [0.1, 0.15) is 36.8 Å². The van der Waals surface area contributed by atoms with E-state index in [0.29, 0.717) is 12.4 Å². The van der Waals surface area contributed by atoms with E-state index in [1.54, 1.807) is 24.5 Å². The third kappa shape index (κ3) is 2.86. The first kappa shape index (κ1) is 15.1. The molecule has 0 aliphatic carbocycles. The van der Waals surface area contributed by atoms with Gasteiger partial charge in [-0.25, -0.2) is 18.4 Å². The van der Waals surface area contributed by atoms with Gasteiger partial charge in [-0.2, -0.15) is 4.31 Å². The van der Waals surface area contributed by atoms with Gasteiger partial charge in [0.15, 0.2) is 0 Å². The molecule has 2 aromatic rings. The maximum Gasteiger partial charge on any atom is 0.245 e. The van der Waals surface area contributed by atoms with Gasteiger partial charge in [-0.3, -0.25) is 4.98 Å². The molecule has 2 aromatic heterocycles. The molecule has 1 fully saturated rings. The second-order valence-corrected chi connectivity index (χ2v) is 7.26. The summed E-state index contributed by atoms with van der Waals surface area (Å²) in [4.78, 5) is 12.8. The predicted molar refractivity (Wildman–Crippen MR) is 81.5 cm³/mol. The fourth-order valence-electron chi connectivity index (χ4n) is 2.71. The summed E-state index contributed by atoms with van der Waals surface area (Å²) in [6, 6.07) is 4.71. The molecule has 0 saturated carbocycles. The van der Waals surface area contributed by atoms with Crippen LogP contribution < -0.4 is 0 Å². The van der Waals surface area contributed by atoms with Crippen molar-refractivity contribution in [2.75, 3.05) is 6.54 Å². The van der Waals surface area contributed by atoms with E-state index in [2.05, 4.69) is 15.0 Å². The molecule has 3 heterocycles. The zero-order valence-corrected chi connectivity index (χ0v) is 13.2. The first-order valence-electron chi connectivity index (χ1n) is 7.30. The monoisotopic (exact) mass is 318 g/mol. The van der Waals surface area contributed by atoms with E-state index in [1.807, 2.05) is 13.0 Å². The van der Waals surface area contributed by atoms with E-state index >= 15 is 0 Å². The Morgan fingerprint density at radius 3 is 2.82 bits per heavy atom. The van der Waals surface area contributed by atoms with Crippen LogP contribution in [0, 0.1) is 6.92 Å². The molecule has 7 heteroatoms. The third-order valence-electron chi connectivity index (χ3n) is 3.81. The molecule has 0 radical (unpaired) electrons. The van der Waals surface area contributed by atoms with Crippen LogP contribution in [0.2, 0.25) is 0 Å².